The summed E-state index contributed by atoms with van der Waals surface area (Å²) in [6.07, 6.45) is 9.12. The maximum absolute atomic E-state index is 13.5. The third kappa shape index (κ3) is 2.73. The number of fused-ring (bicyclic) bond motifs is 5. The molecule has 0 spiro atoms. The van der Waals surface area contributed by atoms with Crippen molar-refractivity contribution in [3.63, 3.8) is 0 Å². The van der Waals surface area contributed by atoms with Crippen molar-refractivity contribution in [3.05, 3.63) is 35.9 Å². The number of hydrogen-bond acceptors (Lipinski definition) is 2. The molecule has 2 nitrogen and oxygen atoms in total. The van der Waals surface area contributed by atoms with Crippen LogP contribution in [-0.2, 0) is 9.59 Å². The summed E-state index contributed by atoms with van der Waals surface area (Å²) in [6.45, 7) is 6.37. The van der Waals surface area contributed by atoms with E-state index in [2.05, 4.69) is 44.2 Å². The predicted molar refractivity (Wildman–Crippen MR) is 115 cm³/mol. The third-order valence-corrected chi connectivity index (χ3v) is 10.3. The lowest BCUT2D eigenvalue weighted by Crippen LogP contribution is -2.57. The molecule has 156 valence electrons. The maximum atomic E-state index is 13.5. The molecule has 2 heteroatoms. The second-order valence-electron chi connectivity index (χ2n) is 11.2. The minimum atomic E-state index is -0.378. The average Bonchev–Trinajstić information content (AvgIpc) is 3.08. The van der Waals surface area contributed by atoms with Gasteiger partial charge in [-0.15, -0.1) is 0 Å². The quantitative estimate of drug-likeness (QED) is 0.601. The molecule has 4 fully saturated rings. The van der Waals surface area contributed by atoms with Crippen LogP contribution in [0.5, 0.6) is 0 Å². The topological polar surface area (TPSA) is 34.1 Å². The lowest BCUT2D eigenvalue weighted by Gasteiger charge is -2.60. The Morgan fingerprint density at radius 1 is 0.966 bits per heavy atom. The first kappa shape index (κ1) is 19.5. The smallest absolute Gasteiger partial charge is 0.140 e. The summed E-state index contributed by atoms with van der Waals surface area (Å²) in [5, 5.41) is 0. The van der Waals surface area contributed by atoms with Crippen LogP contribution in [0.25, 0.3) is 0 Å². The maximum Gasteiger partial charge on any atom is 0.140 e. The molecular weight excluding hydrogens is 356 g/mol. The fourth-order valence-electron chi connectivity index (χ4n) is 8.64. The monoisotopic (exact) mass is 392 g/mol. The van der Waals surface area contributed by atoms with Gasteiger partial charge in [-0.1, -0.05) is 44.2 Å². The first-order valence-corrected chi connectivity index (χ1v) is 11.9. The van der Waals surface area contributed by atoms with Gasteiger partial charge < -0.3 is 0 Å². The highest BCUT2D eigenvalue weighted by Crippen LogP contribution is 2.67. The van der Waals surface area contributed by atoms with E-state index in [1.165, 1.54) is 37.7 Å². The average molecular weight is 393 g/mol. The highest BCUT2D eigenvalue weighted by molar-refractivity contribution is 5.93. The highest BCUT2D eigenvalue weighted by Gasteiger charge is 2.64. The highest BCUT2D eigenvalue weighted by atomic mass is 16.1. The lowest BCUT2D eigenvalue weighted by atomic mass is 9.43. The van der Waals surface area contributed by atoms with Crippen molar-refractivity contribution < 1.29 is 9.59 Å². The van der Waals surface area contributed by atoms with Gasteiger partial charge in [0.1, 0.15) is 11.6 Å². The molecule has 0 heterocycles. The van der Waals surface area contributed by atoms with Gasteiger partial charge in [0.25, 0.3) is 0 Å². The lowest BCUT2D eigenvalue weighted by molar-refractivity contribution is -0.159. The summed E-state index contributed by atoms with van der Waals surface area (Å²) < 4.78 is 0. The molecule has 0 N–H and O–H groups in total. The van der Waals surface area contributed by atoms with Crippen molar-refractivity contribution in [2.45, 2.75) is 78.1 Å². The third-order valence-electron chi connectivity index (χ3n) is 10.3. The van der Waals surface area contributed by atoms with Gasteiger partial charge in [-0.05, 0) is 92.4 Å². The number of hydrogen-bond donors (Lipinski definition) is 0. The molecule has 0 amide bonds. The molecule has 1 aromatic carbocycles. The zero-order valence-corrected chi connectivity index (χ0v) is 18.3. The second kappa shape index (κ2) is 6.79. The fourth-order valence-corrected chi connectivity index (χ4v) is 8.64. The summed E-state index contributed by atoms with van der Waals surface area (Å²) in [5.41, 5.74) is 1.43. The van der Waals surface area contributed by atoms with E-state index in [4.69, 9.17) is 0 Å². The number of rotatable bonds is 2. The second-order valence-corrected chi connectivity index (χ2v) is 11.2. The van der Waals surface area contributed by atoms with E-state index in [1.54, 1.807) is 6.92 Å². The Labute approximate surface area is 175 Å². The Bertz CT molecular complexity index is 813. The standard InChI is InChI=1S/C27H36O2/c1-17(28)22-11-12-23-21-10-9-20-15-19(18-7-5-4-6-8-18)13-14-26(20,2)24(21)16-25(29)27(22,23)3/h4-8,19-24H,9-16H2,1-3H3/t19-,20+,21?,22-,23?,24?,26+,27-/m1/s1. The van der Waals surface area contributed by atoms with E-state index < -0.39 is 0 Å². The molecule has 3 unspecified atom stereocenters. The van der Waals surface area contributed by atoms with Crippen molar-refractivity contribution in [2.24, 2.45) is 40.4 Å². The van der Waals surface area contributed by atoms with Crippen LogP contribution in [0, 0.1) is 40.4 Å². The van der Waals surface area contributed by atoms with Crippen molar-refractivity contribution >= 4 is 11.6 Å². The first-order chi connectivity index (χ1) is 13.9. The van der Waals surface area contributed by atoms with Crippen LogP contribution >= 0.6 is 0 Å². The summed E-state index contributed by atoms with van der Waals surface area (Å²) in [6, 6.07) is 11.1. The zero-order valence-electron chi connectivity index (χ0n) is 18.3. The van der Waals surface area contributed by atoms with Gasteiger partial charge in [0.2, 0.25) is 0 Å². The molecule has 4 saturated carbocycles. The fraction of sp³-hybridized carbons (Fsp3) is 0.704. The number of ketones is 2. The van der Waals surface area contributed by atoms with E-state index in [1.807, 2.05) is 0 Å². The van der Waals surface area contributed by atoms with E-state index >= 15 is 0 Å². The normalized spacial score (nSPS) is 46.5. The van der Waals surface area contributed by atoms with Gasteiger partial charge >= 0.3 is 0 Å². The Morgan fingerprint density at radius 2 is 1.72 bits per heavy atom. The SMILES string of the molecule is CC(=O)[C@H]1CCC2C3CC[C@H]4C[C@H](c5ccccc5)CC[C@]4(C)C3CC(=O)[C@@]21C. The molecule has 0 radical (unpaired) electrons. The van der Waals surface area contributed by atoms with Crippen LogP contribution in [0.2, 0.25) is 0 Å². The minimum Gasteiger partial charge on any atom is -0.300 e. The van der Waals surface area contributed by atoms with Gasteiger partial charge in [-0.3, -0.25) is 9.59 Å². The Hall–Kier alpha value is -1.44. The molecule has 0 aromatic heterocycles. The summed E-state index contributed by atoms with van der Waals surface area (Å²) in [4.78, 5) is 25.8. The molecular formula is C27H36O2. The van der Waals surface area contributed by atoms with E-state index in [9.17, 15) is 9.59 Å². The minimum absolute atomic E-state index is 0.0275. The van der Waals surface area contributed by atoms with E-state index in [-0.39, 0.29) is 17.1 Å². The van der Waals surface area contributed by atoms with Gasteiger partial charge in [-0.2, -0.15) is 0 Å². The van der Waals surface area contributed by atoms with Crippen LogP contribution in [0.4, 0.5) is 0 Å². The molecule has 0 aliphatic heterocycles. The number of carbonyl (C=O) groups excluding carboxylic acids is 2. The Kier molecular flexibility index (Phi) is 4.57. The summed E-state index contributed by atoms with van der Waals surface area (Å²) >= 11 is 0. The Balaban J connectivity index is 1.41. The van der Waals surface area contributed by atoms with Crippen molar-refractivity contribution in [3.8, 4) is 0 Å². The molecule has 0 bridgehead atoms. The van der Waals surface area contributed by atoms with Crippen molar-refractivity contribution in [2.75, 3.05) is 0 Å². The zero-order chi connectivity index (χ0) is 20.4. The van der Waals surface area contributed by atoms with Crippen LogP contribution in [0.3, 0.4) is 0 Å². The van der Waals surface area contributed by atoms with Crippen LogP contribution < -0.4 is 0 Å². The van der Waals surface area contributed by atoms with Crippen molar-refractivity contribution in [1.29, 1.82) is 0 Å². The van der Waals surface area contributed by atoms with Gasteiger partial charge in [-0.25, -0.2) is 0 Å². The molecule has 4 aliphatic carbocycles. The van der Waals surface area contributed by atoms with Gasteiger partial charge in [0, 0.05) is 17.8 Å². The molecule has 8 atom stereocenters. The molecule has 0 saturated heterocycles. The van der Waals surface area contributed by atoms with Gasteiger partial charge in [0.05, 0.1) is 0 Å². The molecule has 1 aromatic rings. The summed E-state index contributed by atoms with van der Waals surface area (Å²) in [5.74, 6) is 3.67. The first-order valence-electron chi connectivity index (χ1n) is 11.9. The van der Waals surface area contributed by atoms with Crippen LogP contribution in [-0.4, -0.2) is 11.6 Å². The largest absolute Gasteiger partial charge is 0.300 e. The molecule has 5 rings (SSSR count). The van der Waals surface area contributed by atoms with Crippen LogP contribution in [0.1, 0.15) is 83.6 Å². The van der Waals surface area contributed by atoms with Crippen molar-refractivity contribution in [1.82, 2.24) is 0 Å². The number of benzene rings is 1. The van der Waals surface area contributed by atoms with Crippen LogP contribution in [0.15, 0.2) is 30.3 Å². The van der Waals surface area contributed by atoms with Gasteiger partial charge in [0.15, 0.2) is 0 Å². The number of carbonyl (C=O) groups is 2. The van der Waals surface area contributed by atoms with E-state index in [0.29, 0.717) is 34.9 Å². The molecule has 29 heavy (non-hydrogen) atoms. The predicted octanol–water partition coefficient (Wildman–Crippen LogP) is 6.20. The number of Topliss-reactive ketones (excluding diaryl/α,β-unsaturated/α-hetero) is 2. The Morgan fingerprint density at radius 3 is 2.45 bits per heavy atom. The van der Waals surface area contributed by atoms with E-state index in [0.717, 1.165) is 25.2 Å². The summed E-state index contributed by atoms with van der Waals surface area (Å²) in [7, 11) is 0. The molecule has 4 aliphatic rings.